The van der Waals surface area contributed by atoms with Crippen molar-refractivity contribution in [1.82, 2.24) is 0 Å². The predicted molar refractivity (Wildman–Crippen MR) is 103 cm³/mol. The van der Waals surface area contributed by atoms with Crippen molar-refractivity contribution in [3.8, 4) is 5.75 Å². The number of benzene rings is 2. The van der Waals surface area contributed by atoms with Gasteiger partial charge in [0.15, 0.2) is 6.04 Å². The van der Waals surface area contributed by atoms with Gasteiger partial charge in [0.1, 0.15) is 11.6 Å². The molecule has 6 nitrogen and oxygen atoms in total. The van der Waals surface area contributed by atoms with Crippen molar-refractivity contribution in [2.75, 3.05) is 43.1 Å². The van der Waals surface area contributed by atoms with E-state index in [9.17, 15) is 14.0 Å². The van der Waals surface area contributed by atoms with E-state index in [2.05, 4.69) is 4.90 Å². The van der Waals surface area contributed by atoms with Crippen LogP contribution < -0.4 is 19.4 Å². The maximum Gasteiger partial charge on any atom is 0.292 e. The van der Waals surface area contributed by atoms with E-state index >= 15 is 0 Å². The first kappa shape index (κ1) is 18.4. The molecule has 4 rings (SSSR count). The third-order valence-corrected chi connectivity index (χ3v) is 5.55. The van der Waals surface area contributed by atoms with Crippen LogP contribution in [0.2, 0.25) is 0 Å². The molecule has 28 heavy (non-hydrogen) atoms. The molecule has 0 unspecified atom stereocenters. The lowest BCUT2D eigenvalue weighted by molar-refractivity contribution is -0.915. The van der Waals surface area contributed by atoms with E-state index in [0.29, 0.717) is 11.4 Å². The lowest BCUT2D eigenvalue weighted by Crippen LogP contribution is -3.19. The average Bonchev–Trinajstić information content (AvgIpc) is 3.03. The van der Waals surface area contributed by atoms with E-state index in [4.69, 9.17) is 4.74 Å². The topological polar surface area (TPSA) is 54.3 Å². The Bertz CT molecular complexity index is 879. The first-order valence-corrected chi connectivity index (χ1v) is 9.43. The highest BCUT2D eigenvalue weighted by Gasteiger charge is 2.46. The molecule has 146 valence electrons. The summed E-state index contributed by atoms with van der Waals surface area (Å²) in [5.74, 6) is 0.0442. The number of imide groups is 1. The minimum Gasteiger partial charge on any atom is -0.497 e. The van der Waals surface area contributed by atoms with E-state index in [0.717, 1.165) is 36.8 Å². The van der Waals surface area contributed by atoms with Gasteiger partial charge < -0.3 is 14.5 Å². The average molecular weight is 384 g/mol. The largest absolute Gasteiger partial charge is 0.497 e. The molecule has 0 saturated carbocycles. The highest BCUT2D eigenvalue weighted by molar-refractivity contribution is 6.21. The fraction of sp³-hybridized carbons (Fsp3) is 0.333. The second kappa shape index (κ2) is 7.59. The molecule has 2 fully saturated rings. The molecule has 0 bridgehead atoms. The molecule has 2 saturated heterocycles. The Balaban J connectivity index is 1.44. The summed E-state index contributed by atoms with van der Waals surface area (Å²) in [7, 11) is 1.56. The van der Waals surface area contributed by atoms with Crippen LogP contribution in [0.3, 0.4) is 0 Å². The van der Waals surface area contributed by atoms with E-state index in [1.807, 2.05) is 0 Å². The smallest absolute Gasteiger partial charge is 0.292 e. The zero-order chi connectivity index (χ0) is 19.7. The minimum absolute atomic E-state index is 0.150. The number of halogens is 1. The Morgan fingerprint density at radius 1 is 1.04 bits per heavy atom. The standard InChI is InChI=1S/C21H22FN3O3/c1-28-18-4-2-3-17(13-18)25-20(26)14-19(21(25)27)24-11-9-23(10-12-24)16-7-5-15(22)6-8-16/h2-8,13,19H,9-12,14H2,1H3/p+1/t19-/m0/s1. The van der Waals surface area contributed by atoms with Crippen LogP contribution in [0.25, 0.3) is 0 Å². The van der Waals surface area contributed by atoms with Gasteiger partial charge in [0.2, 0.25) is 5.91 Å². The Morgan fingerprint density at radius 3 is 2.43 bits per heavy atom. The first-order chi connectivity index (χ1) is 13.6. The zero-order valence-electron chi connectivity index (χ0n) is 15.7. The second-order valence-corrected chi connectivity index (χ2v) is 7.15. The predicted octanol–water partition coefficient (Wildman–Crippen LogP) is 0.871. The number of amides is 2. The Kier molecular flexibility index (Phi) is 5.00. The summed E-state index contributed by atoms with van der Waals surface area (Å²) < 4.78 is 18.3. The molecule has 2 heterocycles. The van der Waals surface area contributed by atoms with E-state index in [1.54, 1.807) is 43.5 Å². The van der Waals surface area contributed by atoms with Crippen LogP contribution in [0.5, 0.6) is 5.75 Å². The third kappa shape index (κ3) is 3.45. The molecule has 2 aliphatic heterocycles. The number of methoxy groups -OCH3 is 1. The summed E-state index contributed by atoms with van der Waals surface area (Å²) in [6.07, 6.45) is 0.224. The Morgan fingerprint density at radius 2 is 1.75 bits per heavy atom. The van der Waals surface area contributed by atoms with Gasteiger partial charge in [-0.05, 0) is 36.4 Å². The van der Waals surface area contributed by atoms with Crippen LogP contribution in [-0.4, -0.2) is 51.1 Å². The minimum atomic E-state index is -0.353. The van der Waals surface area contributed by atoms with Crippen molar-refractivity contribution in [2.45, 2.75) is 12.5 Å². The maximum atomic E-state index is 13.1. The lowest BCUT2D eigenvalue weighted by atomic mass is 10.1. The van der Waals surface area contributed by atoms with Crippen LogP contribution in [0.4, 0.5) is 15.8 Å². The van der Waals surface area contributed by atoms with Gasteiger partial charge >= 0.3 is 0 Å². The van der Waals surface area contributed by atoms with E-state index in [1.165, 1.54) is 17.0 Å². The quantitative estimate of drug-likeness (QED) is 0.795. The molecule has 0 aromatic heterocycles. The number of ether oxygens (including phenoxy) is 1. The molecule has 2 aliphatic rings. The molecular weight excluding hydrogens is 361 g/mol. The molecule has 2 amide bonds. The van der Waals surface area contributed by atoms with Crippen molar-refractivity contribution in [3.05, 3.63) is 54.3 Å². The normalized spacial score (nSPS) is 20.7. The molecule has 1 N–H and O–H groups in total. The number of hydrogen-bond acceptors (Lipinski definition) is 4. The first-order valence-electron chi connectivity index (χ1n) is 9.43. The third-order valence-electron chi connectivity index (χ3n) is 5.55. The number of hydrogen-bond donors (Lipinski definition) is 1. The Hall–Kier alpha value is -2.93. The van der Waals surface area contributed by atoms with Crippen molar-refractivity contribution >= 4 is 23.2 Å². The monoisotopic (exact) mass is 384 g/mol. The second-order valence-electron chi connectivity index (χ2n) is 7.15. The summed E-state index contributed by atoms with van der Waals surface area (Å²) in [5, 5.41) is 0. The van der Waals surface area contributed by atoms with Gasteiger partial charge in [0.25, 0.3) is 5.91 Å². The number of quaternary nitrogens is 1. The summed E-state index contributed by atoms with van der Waals surface area (Å²) in [5.41, 5.74) is 1.54. The highest BCUT2D eigenvalue weighted by atomic mass is 19.1. The lowest BCUT2D eigenvalue weighted by Gasteiger charge is -2.35. The van der Waals surface area contributed by atoms with Gasteiger partial charge in [0, 0.05) is 11.8 Å². The molecule has 2 aromatic carbocycles. The summed E-state index contributed by atoms with van der Waals surface area (Å²) in [6.45, 7) is 3.04. The number of rotatable bonds is 4. The van der Waals surface area contributed by atoms with E-state index in [-0.39, 0.29) is 30.1 Å². The summed E-state index contributed by atoms with van der Waals surface area (Å²) in [4.78, 5) is 30.1. The van der Waals surface area contributed by atoms with E-state index < -0.39 is 0 Å². The number of nitrogens with zero attached hydrogens (tertiary/aromatic N) is 2. The van der Waals surface area contributed by atoms with Gasteiger partial charge in [-0.15, -0.1) is 0 Å². The molecule has 1 atom stereocenters. The van der Waals surface area contributed by atoms with Gasteiger partial charge in [-0.1, -0.05) is 6.07 Å². The van der Waals surface area contributed by atoms with Crippen LogP contribution >= 0.6 is 0 Å². The van der Waals surface area contributed by atoms with Crippen LogP contribution in [-0.2, 0) is 9.59 Å². The molecule has 0 aliphatic carbocycles. The zero-order valence-corrected chi connectivity index (χ0v) is 15.7. The van der Waals surface area contributed by atoms with Crippen LogP contribution in [0, 0.1) is 5.82 Å². The highest BCUT2D eigenvalue weighted by Crippen LogP contribution is 2.26. The van der Waals surface area contributed by atoms with Gasteiger partial charge in [-0.2, -0.15) is 0 Å². The SMILES string of the molecule is COc1cccc(N2C(=O)C[C@H]([NH+]3CCN(c4ccc(F)cc4)CC3)C2=O)c1. The summed E-state index contributed by atoms with van der Waals surface area (Å²) >= 11 is 0. The summed E-state index contributed by atoms with van der Waals surface area (Å²) in [6, 6.07) is 13.1. The fourth-order valence-corrected chi connectivity index (χ4v) is 4.02. The van der Waals surface area contributed by atoms with Crippen molar-refractivity contribution < 1.29 is 23.6 Å². The van der Waals surface area contributed by atoms with Crippen molar-refractivity contribution in [2.24, 2.45) is 0 Å². The maximum absolute atomic E-state index is 13.1. The number of carbonyl (C=O) groups is 2. The van der Waals surface area contributed by atoms with Crippen molar-refractivity contribution in [1.29, 1.82) is 0 Å². The molecule has 7 heteroatoms. The number of carbonyl (C=O) groups excluding carboxylic acids is 2. The van der Waals surface area contributed by atoms with Crippen molar-refractivity contribution in [3.63, 3.8) is 0 Å². The van der Waals surface area contributed by atoms with Gasteiger partial charge in [-0.25, -0.2) is 9.29 Å². The molecule has 0 spiro atoms. The molecular formula is C21H23FN3O3+. The molecule has 0 radical (unpaired) electrons. The van der Waals surface area contributed by atoms with Gasteiger partial charge in [-0.3, -0.25) is 9.59 Å². The Labute approximate surface area is 163 Å². The number of piperazine rings is 1. The number of anilines is 2. The molecule has 2 aromatic rings. The van der Waals surface area contributed by atoms with Crippen LogP contribution in [0.15, 0.2) is 48.5 Å². The van der Waals surface area contributed by atoms with Crippen LogP contribution in [0.1, 0.15) is 6.42 Å². The fourth-order valence-electron chi connectivity index (χ4n) is 4.02. The van der Waals surface area contributed by atoms with Gasteiger partial charge in [0.05, 0.1) is 45.4 Å². The number of nitrogens with one attached hydrogen (secondary N) is 1.